The molecule has 0 bridgehead atoms. The Labute approximate surface area is 151 Å². The van der Waals surface area contributed by atoms with Gasteiger partial charge in [0.1, 0.15) is 16.4 Å². The predicted octanol–water partition coefficient (Wildman–Crippen LogP) is 3.52. The van der Waals surface area contributed by atoms with Gasteiger partial charge in [-0.15, -0.1) is 0 Å². The van der Waals surface area contributed by atoms with Crippen LogP contribution in [0.15, 0.2) is 12.1 Å². The van der Waals surface area contributed by atoms with Crippen molar-refractivity contribution >= 4 is 35.2 Å². The van der Waals surface area contributed by atoms with Gasteiger partial charge in [-0.25, -0.2) is 9.78 Å². The number of piperidine rings is 1. The van der Waals surface area contributed by atoms with Gasteiger partial charge in [0.25, 0.3) is 5.91 Å². The lowest BCUT2D eigenvalue weighted by Gasteiger charge is -2.32. The average Bonchev–Trinajstić information content (AvgIpc) is 2.48. The van der Waals surface area contributed by atoms with Gasteiger partial charge in [-0.05, 0) is 45.7 Å². The average molecular weight is 374 g/mol. The molecule has 0 radical (unpaired) electrons. The highest BCUT2D eigenvalue weighted by Gasteiger charge is 2.27. The Morgan fingerprint density at radius 3 is 2.46 bits per heavy atom. The first-order valence-electron chi connectivity index (χ1n) is 7.76. The van der Waals surface area contributed by atoms with E-state index in [1.54, 1.807) is 11.0 Å². The largest absolute Gasteiger partial charge is 0.444 e. The first kappa shape index (κ1) is 18.8. The van der Waals surface area contributed by atoms with Crippen molar-refractivity contribution < 1.29 is 14.3 Å². The number of pyridine rings is 1. The number of nitrogens with one attached hydrogen (secondary N) is 1. The molecule has 0 spiro atoms. The highest BCUT2D eigenvalue weighted by atomic mass is 35.5. The van der Waals surface area contributed by atoms with E-state index in [2.05, 4.69) is 10.3 Å². The summed E-state index contributed by atoms with van der Waals surface area (Å²) in [4.78, 5) is 30.0. The fraction of sp³-hybridized carbons (Fsp3) is 0.562. The van der Waals surface area contributed by atoms with Crippen LogP contribution in [0.3, 0.4) is 0 Å². The minimum atomic E-state index is -0.532. The Bertz CT molecular complexity index is 623. The Kier molecular flexibility index (Phi) is 5.93. The molecule has 1 aliphatic rings. The molecule has 1 N–H and O–H groups in total. The second-order valence-corrected chi connectivity index (χ2v) is 7.47. The van der Waals surface area contributed by atoms with E-state index in [0.29, 0.717) is 25.9 Å². The maximum atomic E-state index is 12.5. The van der Waals surface area contributed by atoms with Crippen LogP contribution in [-0.4, -0.2) is 46.6 Å². The number of amides is 2. The number of hydrogen-bond donors (Lipinski definition) is 1. The highest BCUT2D eigenvalue weighted by molar-refractivity contribution is 6.34. The molecule has 0 aliphatic carbocycles. The molecular weight excluding hydrogens is 353 g/mol. The predicted molar refractivity (Wildman–Crippen MR) is 92.6 cm³/mol. The van der Waals surface area contributed by atoms with E-state index < -0.39 is 11.7 Å². The normalized spacial score (nSPS) is 16.0. The zero-order chi connectivity index (χ0) is 17.9. The number of likely N-dealkylation sites (tertiary alicyclic amines) is 1. The molecule has 1 aliphatic heterocycles. The first-order chi connectivity index (χ1) is 11.2. The third kappa shape index (κ3) is 5.24. The van der Waals surface area contributed by atoms with Gasteiger partial charge in [-0.2, -0.15) is 0 Å². The van der Waals surface area contributed by atoms with Crippen LogP contribution < -0.4 is 5.32 Å². The van der Waals surface area contributed by atoms with Crippen molar-refractivity contribution in [1.29, 1.82) is 0 Å². The number of halogens is 2. The van der Waals surface area contributed by atoms with Crippen LogP contribution in [0.25, 0.3) is 0 Å². The second-order valence-electron chi connectivity index (χ2n) is 6.68. The Hall–Kier alpha value is -1.53. The summed E-state index contributed by atoms with van der Waals surface area (Å²) >= 11 is 11.9. The van der Waals surface area contributed by atoms with Crippen molar-refractivity contribution in [3.63, 3.8) is 0 Å². The number of carbonyl (C=O) groups is 2. The molecular formula is C16H21Cl2N3O3. The maximum absolute atomic E-state index is 12.5. The number of alkyl carbamates (subject to hydrolysis) is 1. The van der Waals surface area contributed by atoms with Crippen LogP contribution in [0.5, 0.6) is 0 Å². The van der Waals surface area contributed by atoms with E-state index in [0.717, 1.165) is 0 Å². The monoisotopic (exact) mass is 373 g/mol. The van der Waals surface area contributed by atoms with Gasteiger partial charge in [0.2, 0.25) is 0 Å². The Morgan fingerprint density at radius 2 is 1.88 bits per heavy atom. The van der Waals surface area contributed by atoms with Gasteiger partial charge in [-0.3, -0.25) is 4.79 Å². The molecule has 8 heteroatoms. The highest BCUT2D eigenvalue weighted by Crippen LogP contribution is 2.21. The molecule has 1 saturated heterocycles. The van der Waals surface area contributed by atoms with E-state index >= 15 is 0 Å². The lowest BCUT2D eigenvalue weighted by molar-refractivity contribution is 0.0473. The summed E-state index contributed by atoms with van der Waals surface area (Å²) in [6, 6.07) is 3.07. The SMILES string of the molecule is CC(C)(C)OC(=O)NC1CCN(C(=O)c2nc(Cl)ccc2Cl)CC1. The number of ether oxygens (including phenoxy) is 1. The third-order valence-corrected chi connectivity index (χ3v) is 4.03. The van der Waals surface area contributed by atoms with Crippen LogP contribution in [0.1, 0.15) is 44.1 Å². The lowest BCUT2D eigenvalue weighted by Crippen LogP contribution is -2.47. The van der Waals surface area contributed by atoms with Gasteiger partial charge < -0.3 is 15.0 Å². The summed E-state index contributed by atoms with van der Waals surface area (Å²) in [5.74, 6) is -0.252. The van der Waals surface area contributed by atoms with Crippen molar-refractivity contribution in [1.82, 2.24) is 15.2 Å². The van der Waals surface area contributed by atoms with E-state index in [-0.39, 0.29) is 27.8 Å². The molecule has 2 amide bonds. The van der Waals surface area contributed by atoms with Crippen molar-refractivity contribution in [2.75, 3.05) is 13.1 Å². The fourth-order valence-corrected chi connectivity index (χ4v) is 2.75. The summed E-state index contributed by atoms with van der Waals surface area (Å²) in [5.41, 5.74) is -0.377. The second kappa shape index (κ2) is 7.57. The minimum absolute atomic E-state index is 0.0216. The number of carbonyl (C=O) groups excluding carboxylic acids is 2. The minimum Gasteiger partial charge on any atom is -0.444 e. The third-order valence-electron chi connectivity index (χ3n) is 3.52. The van der Waals surface area contributed by atoms with Crippen LogP contribution in [0.2, 0.25) is 10.2 Å². The Balaban J connectivity index is 1.89. The summed E-state index contributed by atoms with van der Waals surface area (Å²) in [6.45, 7) is 6.45. The summed E-state index contributed by atoms with van der Waals surface area (Å²) in [6.07, 6.45) is 0.846. The molecule has 2 heterocycles. The molecule has 132 valence electrons. The summed E-state index contributed by atoms with van der Waals surface area (Å²) < 4.78 is 5.24. The van der Waals surface area contributed by atoms with E-state index in [1.807, 2.05) is 20.8 Å². The molecule has 6 nitrogen and oxygen atoms in total. The zero-order valence-electron chi connectivity index (χ0n) is 13.9. The molecule has 0 saturated carbocycles. The molecule has 0 unspecified atom stereocenters. The van der Waals surface area contributed by atoms with Crippen molar-refractivity contribution in [2.45, 2.75) is 45.3 Å². The van der Waals surface area contributed by atoms with E-state index in [1.165, 1.54) is 6.07 Å². The number of hydrogen-bond acceptors (Lipinski definition) is 4. The molecule has 1 aromatic rings. The smallest absolute Gasteiger partial charge is 0.407 e. The van der Waals surface area contributed by atoms with Gasteiger partial charge in [0.05, 0.1) is 5.02 Å². The summed E-state index contributed by atoms with van der Waals surface area (Å²) in [5, 5.41) is 3.34. The topological polar surface area (TPSA) is 71.5 Å². The molecule has 2 rings (SSSR count). The van der Waals surface area contributed by atoms with Crippen molar-refractivity contribution in [3.8, 4) is 0 Å². The van der Waals surface area contributed by atoms with Gasteiger partial charge in [0.15, 0.2) is 0 Å². The van der Waals surface area contributed by atoms with Gasteiger partial charge in [-0.1, -0.05) is 23.2 Å². The summed E-state index contributed by atoms with van der Waals surface area (Å²) in [7, 11) is 0. The van der Waals surface area contributed by atoms with Crippen LogP contribution in [0, 0.1) is 0 Å². The van der Waals surface area contributed by atoms with Crippen molar-refractivity contribution in [3.05, 3.63) is 28.0 Å². The Morgan fingerprint density at radius 1 is 1.25 bits per heavy atom. The maximum Gasteiger partial charge on any atom is 0.407 e. The molecule has 24 heavy (non-hydrogen) atoms. The number of rotatable bonds is 2. The van der Waals surface area contributed by atoms with Crippen molar-refractivity contribution in [2.24, 2.45) is 0 Å². The lowest BCUT2D eigenvalue weighted by atomic mass is 10.0. The quantitative estimate of drug-likeness (QED) is 0.804. The molecule has 1 aromatic heterocycles. The van der Waals surface area contributed by atoms with Gasteiger partial charge >= 0.3 is 6.09 Å². The van der Waals surface area contributed by atoms with Crippen LogP contribution >= 0.6 is 23.2 Å². The fourth-order valence-electron chi connectivity index (χ4n) is 2.42. The van der Waals surface area contributed by atoms with Gasteiger partial charge in [0, 0.05) is 19.1 Å². The first-order valence-corrected chi connectivity index (χ1v) is 8.52. The standard InChI is InChI=1S/C16H21Cl2N3O3/c1-16(2,3)24-15(23)19-10-6-8-21(9-7-10)14(22)13-11(17)4-5-12(18)20-13/h4-5,10H,6-9H2,1-3H3,(H,19,23). The van der Waals surface area contributed by atoms with Crippen LogP contribution in [-0.2, 0) is 4.74 Å². The number of nitrogens with zero attached hydrogens (tertiary/aromatic N) is 2. The zero-order valence-corrected chi connectivity index (χ0v) is 15.4. The number of aromatic nitrogens is 1. The van der Waals surface area contributed by atoms with E-state index in [4.69, 9.17) is 27.9 Å². The molecule has 0 atom stereocenters. The van der Waals surface area contributed by atoms with E-state index in [9.17, 15) is 9.59 Å². The molecule has 0 aromatic carbocycles. The van der Waals surface area contributed by atoms with Crippen LogP contribution in [0.4, 0.5) is 4.79 Å². The molecule has 1 fully saturated rings.